The lowest BCUT2D eigenvalue weighted by molar-refractivity contribution is 0.0956. The molecule has 0 atom stereocenters. The third-order valence-electron chi connectivity index (χ3n) is 5.12. The highest BCUT2D eigenvalue weighted by molar-refractivity contribution is 6.05. The molecule has 2 aliphatic heterocycles. The number of hydrogen-bond acceptors (Lipinski definition) is 5. The van der Waals surface area contributed by atoms with Crippen molar-refractivity contribution in [2.45, 2.75) is 6.54 Å². The monoisotopic (exact) mass is 348 g/mol. The lowest BCUT2D eigenvalue weighted by atomic mass is 10.1. The molecule has 7 nitrogen and oxygen atoms in total. The molecule has 4 heterocycles. The minimum atomic E-state index is -0.0812. The summed E-state index contributed by atoms with van der Waals surface area (Å²) in [5.74, 6) is 0.806. The van der Waals surface area contributed by atoms with Crippen molar-refractivity contribution in [3.8, 4) is 11.4 Å². The van der Waals surface area contributed by atoms with E-state index in [4.69, 9.17) is 4.98 Å². The number of rotatable bonds is 2. The maximum Gasteiger partial charge on any atom is 0.255 e. The van der Waals surface area contributed by atoms with Gasteiger partial charge in [0, 0.05) is 56.7 Å². The first-order valence-corrected chi connectivity index (χ1v) is 9.00. The number of carbonyl (C=O) groups excluding carboxylic acids is 1. The number of pyridine rings is 1. The van der Waals surface area contributed by atoms with E-state index in [1.807, 2.05) is 0 Å². The van der Waals surface area contributed by atoms with E-state index in [0.29, 0.717) is 18.7 Å². The molecule has 0 aliphatic carbocycles. The summed E-state index contributed by atoms with van der Waals surface area (Å²) in [5.41, 5.74) is 4.52. The summed E-state index contributed by atoms with van der Waals surface area (Å²) in [6.07, 6.45) is 3.35. The molecule has 7 heteroatoms. The first-order valence-electron chi connectivity index (χ1n) is 9.00. The Morgan fingerprint density at radius 1 is 0.962 bits per heavy atom. The highest BCUT2D eigenvalue weighted by Crippen LogP contribution is 2.29. The SMILES string of the molecule is O=C1NCCn2c(-c3ccc(N4CCNCC4)cc3)nc3cncc1c32. The Balaban J connectivity index is 1.57. The van der Waals surface area contributed by atoms with Gasteiger partial charge in [0.2, 0.25) is 0 Å². The average molecular weight is 348 g/mol. The van der Waals surface area contributed by atoms with Crippen LogP contribution in [0, 0.1) is 0 Å². The molecule has 0 bridgehead atoms. The number of benzene rings is 1. The van der Waals surface area contributed by atoms with E-state index in [0.717, 1.165) is 48.6 Å². The van der Waals surface area contributed by atoms with E-state index in [2.05, 4.69) is 49.4 Å². The average Bonchev–Trinajstić information content (AvgIpc) is 2.98. The van der Waals surface area contributed by atoms with Gasteiger partial charge in [0.1, 0.15) is 11.3 Å². The molecule has 2 N–H and O–H groups in total. The second-order valence-electron chi connectivity index (χ2n) is 6.68. The molecule has 1 saturated heterocycles. The molecule has 0 spiro atoms. The van der Waals surface area contributed by atoms with Crippen molar-refractivity contribution in [1.29, 1.82) is 0 Å². The zero-order valence-electron chi connectivity index (χ0n) is 14.4. The Morgan fingerprint density at radius 3 is 2.58 bits per heavy atom. The lowest BCUT2D eigenvalue weighted by Crippen LogP contribution is -2.43. The highest BCUT2D eigenvalue weighted by Gasteiger charge is 2.22. The number of imidazole rings is 1. The molecule has 26 heavy (non-hydrogen) atoms. The van der Waals surface area contributed by atoms with Crippen LogP contribution in [0.25, 0.3) is 22.4 Å². The zero-order valence-corrected chi connectivity index (χ0v) is 14.4. The van der Waals surface area contributed by atoms with E-state index >= 15 is 0 Å². The minimum absolute atomic E-state index is 0.0812. The Hall–Kier alpha value is -2.93. The Labute approximate surface area is 151 Å². The van der Waals surface area contributed by atoms with Crippen LogP contribution in [0.2, 0.25) is 0 Å². The van der Waals surface area contributed by atoms with E-state index in [1.54, 1.807) is 12.4 Å². The normalized spacial score (nSPS) is 17.2. The summed E-state index contributed by atoms with van der Waals surface area (Å²) in [5, 5.41) is 6.31. The van der Waals surface area contributed by atoms with Crippen LogP contribution in [0.15, 0.2) is 36.7 Å². The molecule has 1 amide bonds. The van der Waals surface area contributed by atoms with E-state index in [1.165, 1.54) is 5.69 Å². The van der Waals surface area contributed by atoms with Crippen molar-refractivity contribution in [2.75, 3.05) is 37.6 Å². The van der Waals surface area contributed by atoms with Crippen molar-refractivity contribution in [3.63, 3.8) is 0 Å². The molecular formula is C19H20N6O. The van der Waals surface area contributed by atoms with Crippen molar-refractivity contribution < 1.29 is 4.79 Å². The van der Waals surface area contributed by atoms with Crippen LogP contribution < -0.4 is 15.5 Å². The van der Waals surface area contributed by atoms with Crippen LogP contribution in [0.5, 0.6) is 0 Å². The summed E-state index contributed by atoms with van der Waals surface area (Å²) >= 11 is 0. The number of amides is 1. The fourth-order valence-electron chi connectivity index (χ4n) is 3.81. The van der Waals surface area contributed by atoms with Gasteiger partial charge >= 0.3 is 0 Å². The maximum atomic E-state index is 12.3. The van der Waals surface area contributed by atoms with Gasteiger partial charge in [-0.3, -0.25) is 9.78 Å². The number of nitrogens with one attached hydrogen (secondary N) is 2. The summed E-state index contributed by atoms with van der Waals surface area (Å²) in [7, 11) is 0. The molecule has 132 valence electrons. The van der Waals surface area contributed by atoms with Crippen LogP contribution >= 0.6 is 0 Å². The first-order chi connectivity index (χ1) is 12.8. The summed E-state index contributed by atoms with van der Waals surface area (Å²) < 4.78 is 2.13. The van der Waals surface area contributed by atoms with E-state index in [-0.39, 0.29) is 5.91 Å². The molecule has 2 aromatic heterocycles. The predicted molar refractivity (Wildman–Crippen MR) is 100 cm³/mol. The van der Waals surface area contributed by atoms with Crippen molar-refractivity contribution >= 4 is 22.6 Å². The standard InChI is InChI=1S/C19H20N6O/c26-19-15-11-21-12-16-17(15)25(10-7-22-19)18(23-16)13-1-3-14(4-2-13)24-8-5-20-6-9-24/h1-4,11-12,20H,5-10H2,(H,22,26). The quantitative estimate of drug-likeness (QED) is 0.729. The van der Waals surface area contributed by atoms with Gasteiger partial charge in [-0.15, -0.1) is 0 Å². The molecule has 0 unspecified atom stereocenters. The summed E-state index contributed by atoms with van der Waals surface area (Å²) in [4.78, 5) is 23.6. The third kappa shape index (κ3) is 2.43. The van der Waals surface area contributed by atoms with Crippen LogP contribution in [-0.4, -0.2) is 53.2 Å². The number of piperazine rings is 1. The smallest absolute Gasteiger partial charge is 0.255 e. The van der Waals surface area contributed by atoms with Gasteiger partial charge in [-0.1, -0.05) is 0 Å². The largest absolute Gasteiger partial charge is 0.369 e. The molecule has 2 aliphatic rings. The number of hydrogen-bond donors (Lipinski definition) is 2. The third-order valence-corrected chi connectivity index (χ3v) is 5.12. The first kappa shape index (κ1) is 15.3. The second kappa shape index (κ2) is 6.10. The van der Waals surface area contributed by atoms with E-state index < -0.39 is 0 Å². The Kier molecular flexibility index (Phi) is 3.60. The van der Waals surface area contributed by atoms with Crippen LogP contribution in [0.3, 0.4) is 0 Å². The van der Waals surface area contributed by atoms with Gasteiger partial charge in [-0.05, 0) is 24.3 Å². The van der Waals surface area contributed by atoms with Crippen LogP contribution in [0.4, 0.5) is 5.69 Å². The second-order valence-corrected chi connectivity index (χ2v) is 6.68. The number of anilines is 1. The zero-order chi connectivity index (χ0) is 17.5. The number of carbonyl (C=O) groups is 1. The molecule has 1 fully saturated rings. The Morgan fingerprint density at radius 2 is 1.77 bits per heavy atom. The number of nitrogens with zero attached hydrogens (tertiary/aromatic N) is 4. The topological polar surface area (TPSA) is 75.1 Å². The van der Waals surface area contributed by atoms with Gasteiger partial charge in [0.25, 0.3) is 5.91 Å². The molecule has 3 aromatic rings. The van der Waals surface area contributed by atoms with Gasteiger partial charge in [0.05, 0.1) is 17.3 Å². The fourth-order valence-corrected chi connectivity index (χ4v) is 3.81. The minimum Gasteiger partial charge on any atom is -0.369 e. The van der Waals surface area contributed by atoms with Crippen LogP contribution in [0.1, 0.15) is 10.4 Å². The van der Waals surface area contributed by atoms with Crippen molar-refractivity contribution in [1.82, 2.24) is 25.2 Å². The Bertz CT molecular complexity index is 972. The predicted octanol–water partition coefficient (Wildman–Crippen LogP) is 1.25. The lowest BCUT2D eigenvalue weighted by Gasteiger charge is -2.29. The van der Waals surface area contributed by atoms with Gasteiger partial charge in [-0.25, -0.2) is 4.98 Å². The molecule has 5 rings (SSSR count). The summed E-state index contributed by atoms with van der Waals surface area (Å²) in [6, 6.07) is 8.56. The molecule has 0 radical (unpaired) electrons. The highest BCUT2D eigenvalue weighted by atomic mass is 16.1. The number of aromatic nitrogens is 3. The molecular weight excluding hydrogens is 328 g/mol. The summed E-state index contributed by atoms with van der Waals surface area (Å²) in [6.45, 7) is 5.39. The van der Waals surface area contributed by atoms with Gasteiger partial charge in [-0.2, -0.15) is 0 Å². The van der Waals surface area contributed by atoms with Crippen molar-refractivity contribution in [3.05, 3.63) is 42.2 Å². The molecule has 0 saturated carbocycles. The maximum absolute atomic E-state index is 12.3. The van der Waals surface area contributed by atoms with Gasteiger partial charge < -0.3 is 20.1 Å². The molecule has 1 aromatic carbocycles. The fraction of sp³-hybridized carbons (Fsp3) is 0.316. The van der Waals surface area contributed by atoms with E-state index in [9.17, 15) is 4.79 Å². The van der Waals surface area contributed by atoms with Crippen LogP contribution in [-0.2, 0) is 6.54 Å². The van der Waals surface area contributed by atoms with Gasteiger partial charge in [0.15, 0.2) is 0 Å². The van der Waals surface area contributed by atoms with Crippen molar-refractivity contribution in [2.24, 2.45) is 0 Å².